The zero-order valence-corrected chi connectivity index (χ0v) is 13.3. The Bertz CT molecular complexity index is 705. The summed E-state index contributed by atoms with van der Waals surface area (Å²) in [6.07, 6.45) is 1.08. The second kappa shape index (κ2) is 7.81. The Morgan fingerprint density at radius 3 is 2.88 bits per heavy atom. The summed E-state index contributed by atoms with van der Waals surface area (Å²) in [5.41, 5.74) is 1.17. The molecule has 1 N–H and O–H groups in total. The molecular weight excluding hydrogens is 309 g/mol. The summed E-state index contributed by atoms with van der Waals surface area (Å²) in [6.45, 7) is 1.31. The maximum absolute atomic E-state index is 13.4. The molecule has 5 heteroatoms. The van der Waals surface area contributed by atoms with Crippen LogP contribution in [0.3, 0.4) is 0 Å². The van der Waals surface area contributed by atoms with Crippen LogP contribution in [0.15, 0.2) is 48.5 Å². The van der Waals surface area contributed by atoms with E-state index in [0.29, 0.717) is 13.2 Å². The first kappa shape index (κ1) is 16.3. The van der Waals surface area contributed by atoms with Crippen LogP contribution in [0.2, 0.25) is 0 Å². The van der Waals surface area contributed by atoms with Crippen LogP contribution in [-0.2, 0) is 11.2 Å². The van der Waals surface area contributed by atoms with E-state index in [1.54, 1.807) is 18.2 Å². The van der Waals surface area contributed by atoms with Gasteiger partial charge in [0.25, 0.3) is 0 Å². The lowest BCUT2D eigenvalue weighted by molar-refractivity contribution is -0.121. The van der Waals surface area contributed by atoms with Gasteiger partial charge in [-0.25, -0.2) is 4.39 Å². The van der Waals surface area contributed by atoms with Gasteiger partial charge in [-0.1, -0.05) is 30.3 Å². The maximum Gasteiger partial charge on any atom is 0.223 e. The summed E-state index contributed by atoms with van der Waals surface area (Å²) >= 11 is 0. The van der Waals surface area contributed by atoms with Crippen LogP contribution in [0, 0.1) is 11.7 Å². The highest BCUT2D eigenvalue weighted by Crippen LogP contribution is 2.26. The van der Waals surface area contributed by atoms with E-state index in [1.165, 1.54) is 11.6 Å². The Labute approximate surface area is 140 Å². The van der Waals surface area contributed by atoms with E-state index in [0.717, 1.165) is 12.2 Å². The number of rotatable bonds is 6. The van der Waals surface area contributed by atoms with Crippen LogP contribution in [0.4, 0.5) is 4.39 Å². The average Bonchev–Trinajstić information content (AvgIpc) is 2.61. The molecule has 1 aliphatic heterocycles. The quantitative estimate of drug-likeness (QED) is 0.886. The molecule has 0 saturated heterocycles. The molecule has 0 spiro atoms. The number of hydrogen-bond acceptors (Lipinski definition) is 3. The van der Waals surface area contributed by atoms with E-state index >= 15 is 0 Å². The summed E-state index contributed by atoms with van der Waals surface area (Å²) in [5.74, 6) is 0.832. The Morgan fingerprint density at radius 2 is 2.00 bits per heavy atom. The van der Waals surface area contributed by atoms with E-state index in [2.05, 4.69) is 5.32 Å². The van der Waals surface area contributed by atoms with Crippen LogP contribution >= 0.6 is 0 Å². The number of halogens is 1. The summed E-state index contributed by atoms with van der Waals surface area (Å²) < 4.78 is 24.4. The van der Waals surface area contributed by atoms with Crippen molar-refractivity contribution >= 4 is 5.91 Å². The van der Waals surface area contributed by atoms with E-state index in [1.807, 2.05) is 24.3 Å². The summed E-state index contributed by atoms with van der Waals surface area (Å²) in [5, 5.41) is 2.89. The summed E-state index contributed by atoms with van der Waals surface area (Å²) in [6, 6.07) is 14.1. The lowest BCUT2D eigenvalue weighted by Gasteiger charge is -2.25. The SMILES string of the molecule is O=C(CCOc1ccccc1F)NCC1COc2ccccc2C1. The van der Waals surface area contributed by atoms with Crippen LogP contribution in [0.1, 0.15) is 12.0 Å². The number of benzene rings is 2. The Kier molecular flexibility index (Phi) is 5.31. The molecule has 24 heavy (non-hydrogen) atoms. The van der Waals surface area contributed by atoms with Gasteiger partial charge in [-0.15, -0.1) is 0 Å². The van der Waals surface area contributed by atoms with Crippen molar-refractivity contribution in [2.24, 2.45) is 5.92 Å². The van der Waals surface area contributed by atoms with E-state index in [4.69, 9.17) is 9.47 Å². The molecule has 0 fully saturated rings. The third kappa shape index (κ3) is 4.25. The van der Waals surface area contributed by atoms with Crippen LogP contribution in [0.25, 0.3) is 0 Å². The minimum absolute atomic E-state index is 0.106. The molecule has 0 saturated carbocycles. The first-order valence-electron chi connectivity index (χ1n) is 8.07. The fourth-order valence-electron chi connectivity index (χ4n) is 2.68. The average molecular weight is 329 g/mol. The molecule has 4 nitrogen and oxygen atoms in total. The molecule has 1 amide bonds. The molecule has 0 aromatic heterocycles. The predicted octanol–water partition coefficient (Wildman–Crippen LogP) is 2.96. The van der Waals surface area contributed by atoms with E-state index in [-0.39, 0.29) is 30.6 Å². The van der Waals surface area contributed by atoms with Crippen molar-refractivity contribution in [1.29, 1.82) is 0 Å². The molecular formula is C19H20FNO3. The third-order valence-corrected chi connectivity index (χ3v) is 3.97. The van der Waals surface area contributed by atoms with Gasteiger partial charge in [0.05, 0.1) is 19.6 Å². The first-order chi connectivity index (χ1) is 11.7. The minimum atomic E-state index is -0.420. The van der Waals surface area contributed by atoms with Gasteiger partial charge >= 0.3 is 0 Å². The van der Waals surface area contributed by atoms with Crippen LogP contribution in [0.5, 0.6) is 11.5 Å². The highest BCUT2D eigenvalue weighted by Gasteiger charge is 2.19. The van der Waals surface area contributed by atoms with E-state index in [9.17, 15) is 9.18 Å². The van der Waals surface area contributed by atoms with Crippen molar-refractivity contribution in [3.63, 3.8) is 0 Å². The maximum atomic E-state index is 13.4. The van der Waals surface area contributed by atoms with Gasteiger partial charge < -0.3 is 14.8 Å². The van der Waals surface area contributed by atoms with Gasteiger partial charge in [-0.05, 0) is 30.2 Å². The molecule has 1 heterocycles. The molecule has 126 valence electrons. The number of nitrogens with one attached hydrogen (secondary N) is 1. The third-order valence-electron chi connectivity index (χ3n) is 3.97. The molecule has 1 unspecified atom stereocenters. The van der Waals surface area contributed by atoms with E-state index < -0.39 is 5.82 Å². The zero-order chi connectivity index (χ0) is 16.8. The van der Waals surface area contributed by atoms with Crippen molar-refractivity contribution in [3.8, 4) is 11.5 Å². The monoisotopic (exact) mass is 329 g/mol. The van der Waals surface area contributed by atoms with Gasteiger partial charge in [0.15, 0.2) is 11.6 Å². The minimum Gasteiger partial charge on any atom is -0.493 e. The Balaban J connectivity index is 1.38. The second-order valence-corrected chi connectivity index (χ2v) is 5.82. The predicted molar refractivity (Wildman–Crippen MR) is 88.7 cm³/mol. The largest absolute Gasteiger partial charge is 0.493 e. The molecule has 1 aliphatic rings. The molecule has 3 rings (SSSR count). The second-order valence-electron chi connectivity index (χ2n) is 5.82. The standard InChI is InChI=1S/C19H20FNO3/c20-16-6-2-4-8-18(16)23-10-9-19(22)21-12-14-11-15-5-1-3-7-17(15)24-13-14/h1-8,14H,9-13H2,(H,21,22). The molecule has 0 aliphatic carbocycles. The summed E-state index contributed by atoms with van der Waals surface area (Å²) in [7, 11) is 0. The Hall–Kier alpha value is -2.56. The highest BCUT2D eigenvalue weighted by atomic mass is 19.1. The molecule has 1 atom stereocenters. The topological polar surface area (TPSA) is 47.6 Å². The lowest BCUT2D eigenvalue weighted by Crippen LogP contribution is -2.35. The number of ether oxygens (including phenoxy) is 2. The highest BCUT2D eigenvalue weighted by molar-refractivity contribution is 5.76. The van der Waals surface area contributed by atoms with Gasteiger partial charge in [0, 0.05) is 12.5 Å². The number of fused-ring (bicyclic) bond motifs is 1. The molecule has 0 radical (unpaired) electrons. The number of carbonyl (C=O) groups excluding carboxylic acids is 1. The molecule has 2 aromatic rings. The number of amides is 1. The fraction of sp³-hybridized carbons (Fsp3) is 0.316. The number of para-hydroxylation sites is 2. The zero-order valence-electron chi connectivity index (χ0n) is 13.3. The van der Waals surface area contributed by atoms with Gasteiger partial charge in [-0.3, -0.25) is 4.79 Å². The molecule has 2 aromatic carbocycles. The van der Waals surface area contributed by atoms with Crippen LogP contribution < -0.4 is 14.8 Å². The van der Waals surface area contributed by atoms with Crippen molar-refractivity contribution in [2.45, 2.75) is 12.8 Å². The smallest absolute Gasteiger partial charge is 0.223 e. The normalized spacial score (nSPS) is 16.0. The lowest BCUT2D eigenvalue weighted by atomic mass is 9.97. The van der Waals surface area contributed by atoms with Crippen LogP contribution in [-0.4, -0.2) is 25.7 Å². The van der Waals surface area contributed by atoms with Crippen molar-refractivity contribution < 1.29 is 18.7 Å². The van der Waals surface area contributed by atoms with Crippen molar-refractivity contribution in [1.82, 2.24) is 5.32 Å². The molecule has 0 bridgehead atoms. The fourth-order valence-corrected chi connectivity index (χ4v) is 2.68. The first-order valence-corrected chi connectivity index (χ1v) is 8.07. The van der Waals surface area contributed by atoms with Crippen molar-refractivity contribution in [3.05, 3.63) is 59.9 Å². The van der Waals surface area contributed by atoms with Gasteiger partial charge in [0.1, 0.15) is 5.75 Å². The Morgan fingerprint density at radius 1 is 1.21 bits per heavy atom. The van der Waals surface area contributed by atoms with Crippen molar-refractivity contribution in [2.75, 3.05) is 19.8 Å². The summed E-state index contributed by atoms with van der Waals surface area (Å²) in [4.78, 5) is 11.9. The van der Waals surface area contributed by atoms with Gasteiger partial charge in [-0.2, -0.15) is 0 Å². The number of carbonyl (C=O) groups is 1. The van der Waals surface area contributed by atoms with Gasteiger partial charge in [0.2, 0.25) is 5.91 Å². The number of hydrogen-bond donors (Lipinski definition) is 1.